The molecule has 0 spiro atoms. The maximum atomic E-state index is 14.6. The third-order valence-electron chi connectivity index (χ3n) is 6.63. The van der Waals surface area contributed by atoms with E-state index in [9.17, 15) is 17.6 Å². The Morgan fingerprint density at radius 3 is 2.51 bits per heavy atom. The first-order chi connectivity index (χ1) is 16.9. The second-order valence-corrected chi connectivity index (χ2v) is 11.0. The summed E-state index contributed by atoms with van der Waals surface area (Å²) in [4.78, 5) is 13.0. The van der Waals surface area contributed by atoms with Gasteiger partial charge >= 0.3 is 0 Å². The molecule has 1 fully saturated rings. The topological polar surface area (TPSA) is 97.2 Å². The monoisotopic (exact) mass is 497 g/mol. The number of anilines is 1. The number of piperidine rings is 1. The van der Waals surface area contributed by atoms with Crippen molar-refractivity contribution in [3.8, 4) is 11.4 Å². The van der Waals surface area contributed by atoms with Crippen molar-refractivity contribution in [2.24, 2.45) is 0 Å². The smallest absolute Gasteiger partial charge is 0.255 e. The van der Waals surface area contributed by atoms with Crippen molar-refractivity contribution in [3.63, 3.8) is 0 Å². The normalized spacial score (nSPS) is 16.9. The summed E-state index contributed by atoms with van der Waals surface area (Å²) in [5.74, 6) is 0.387. The summed E-state index contributed by atoms with van der Waals surface area (Å²) in [5, 5.41) is 11.2. The van der Waals surface area contributed by atoms with Crippen LogP contribution in [0.3, 0.4) is 0 Å². The second-order valence-electron chi connectivity index (χ2n) is 9.04. The molecule has 35 heavy (non-hydrogen) atoms. The largest absolute Gasteiger partial charge is 0.319 e. The number of carbonyl (C=O) groups excluding carboxylic acids is 1. The van der Waals surface area contributed by atoms with Gasteiger partial charge in [0, 0.05) is 37.2 Å². The van der Waals surface area contributed by atoms with Crippen molar-refractivity contribution < 1.29 is 17.6 Å². The summed E-state index contributed by atoms with van der Waals surface area (Å²) >= 11 is 0. The highest BCUT2D eigenvalue weighted by Crippen LogP contribution is 2.27. The van der Waals surface area contributed by atoms with Crippen molar-refractivity contribution in [2.75, 3.05) is 18.4 Å². The number of nitrogens with one attached hydrogen (secondary N) is 1. The van der Waals surface area contributed by atoms with Gasteiger partial charge in [-0.1, -0.05) is 18.9 Å². The Bertz CT molecular complexity index is 1350. The molecule has 0 unspecified atom stereocenters. The highest BCUT2D eigenvalue weighted by atomic mass is 32.2. The summed E-state index contributed by atoms with van der Waals surface area (Å²) in [6.45, 7) is 1.75. The number of aryl methyl sites for hydroxylation is 1. The summed E-state index contributed by atoms with van der Waals surface area (Å²) in [7, 11) is -3.69. The molecular weight excluding hydrogens is 469 g/mol. The zero-order chi connectivity index (χ0) is 24.4. The maximum absolute atomic E-state index is 14.6. The molecule has 2 aliphatic heterocycles. The first kappa shape index (κ1) is 23.6. The number of hydrogen-bond donors (Lipinski definition) is 1. The van der Waals surface area contributed by atoms with Gasteiger partial charge in [0.05, 0.1) is 10.6 Å². The van der Waals surface area contributed by atoms with Crippen molar-refractivity contribution in [1.29, 1.82) is 0 Å². The highest BCUT2D eigenvalue weighted by molar-refractivity contribution is 7.89. The molecule has 2 aromatic carbocycles. The third kappa shape index (κ3) is 4.85. The molecule has 0 saturated carbocycles. The number of nitrogens with zero attached hydrogens (tertiary/aromatic N) is 4. The Labute approximate surface area is 204 Å². The average molecular weight is 498 g/mol. The SMILES string of the molecule is O=C(Nc1cc(-c2nnc3n2CCCCC3)ccc1F)c1cccc(S(=O)(=O)N2CCCCC2)c1. The lowest BCUT2D eigenvalue weighted by molar-refractivity contribution is 0.102. The summed E-state index contributed by atoms with van der Waals surface area (Å²) in [6, 6.07) is 10.3. The van der Waals surface area contributed by atoms with E-state index in [1.807, 2.05) is 0 Å². The van der Waals surface area contributed by atoms with Crippen LogP contribution in [0.4, 0.5) is 10.1 Å². The predicted molar refractivity (Wildman–Crippen MR) is 130 cm³/mol. The Hall–Kier alpha value is -3.11. The quantitative estimate of drug-likeness (QED) is 0.569. The van der Waals surface area contributed by atoms with Crippen LogP contribution < -0.4 is 5.32 Å². The van der Waals surface area contributed by atoms with Gasteiger partial charge in [-0.25, -0.2) is 12.8 Å². The van der Waals surface area contributed by atoms with Crippen LogP contribution >= 0.6 is 0 Å². The van der Waals surface area contributed by atoms with Gasteiger partial charge in [0.2, 0.25) is 10.0 Å². The summed E-state index contributed by atoms with van der Waals surface area (Å²) in [5.41, 5.74) is 0.802. The van der Waals surface area contributed by atoms with Gasteiger partial charge in [0.1, 0.15) is 11.6 Å². The lowest BCUT2D eigenvalue weighted by Gasteiger charge is -2.26. The minimum atomic E-state index is -3.69. The van der Waals surface area contributed by atoms with Crippen molar-refractivity contribution in [1.82, 2.24) is 19.1 Å². The van der Waals surface area contributed by atoms with Crippen LogP contribution in [0.25, 0.3) is 11.4 Å². The van der Waals surface area contributed by atoms with Gasteiger partial charge in [-0.05, 0) is 62.1 Å². The average Bonchev–Trinajstić information content (AvgIpc) is 3.13. The van der Waals surface area contributed by atoms with E-state index in [-0.39, 0.29) is 16.1 Å². The number of fused-ring (bicyclic) bond motifs is 1. The number of hydrogen-bond acceptors (Lipinski definition) is 5. The Balaban J connectivity index is 1.39. The molecule has 1 aromatic heterocycles. The van der Waals surface area contributed by atoms with Crippen molar-refractivity contribution in [3.05, 3.63) is 59.7 Å². The minimum Gasteiger partial charge on any atom is -0.319 e. The number of aromatic nitrogens is 3. The molecule has 3 aromatic rings. The van der Waals surface area contributed by atoms with Gasteiger partial charge < -0.3 is 9.88 Å². The zero-order valence-electron chi connectivity index (χ0n) is 19.4. The number of benzene rings is 2. The van der Waals surface area contributed by atoms with Crippen LogP contribution in [-0.2, 0) is 23.0 Å². The van der Waals surface area contributed by atoms with Crippen molar-refractivity contribution >= 4 is 21.6 Å². The lowest BCUT2D eigenvalue weighted by atomic mass is 10.1. The lowest BCUT2D eigenvalue weighted by Crippen LogP contribution is -2.35. The number of carbonyl (C=O) groups is 1. The van der Waals surface area contributed by atoms with Crippen LogP contribution in [0.5, 0.6) is 0 Å². The fraction of sp³-hybridized carbons (Fsp3) is 0.400. The standard InChI is InChI=1S/C25H28FN5O3S/c26-21-12-11-18(24-29-28-23-10-3-1-6-15-31(23)24)17-22(21)27-25(32)19-8-7-9-20(16-19)35(33,34)30-13-4-2-5-14-30/h7-9,11-12,16-17H,1-6,10,13-15H2,(H,27,32). The molecule has 0 atom stereocenters. The molecule has 0 bridgehead atoms. The van der Waals surface area contributed by atoms with E-state index in [1.165, 1.54) is 34.6 Å². The van der Waals surface area contributed by atoms with Crippen LogP contribution in [-0.4, -0.2) is 46.5 Å². The third-order valence-corrected chi connectivity index (χ3v) is 8.53. The maximum Gasteiger partial charge on any atom is 0.255 e. The van der Waals surface area contributed by atoms with E-state index < -0.39 is 21.7 Å². The Kier molecular flexibility index (Phi) is 6.66. The van der Waals surface area contributed by atoms with Gasteiger partial charge in [-0.15, -0.1) is 10.2 Å². The highest BCUT2D eigenvalue weighted by Gasteiger charge is 2.26. The Morgan fingerprint density at radius 2 is 1.69 bits per heavy atom. The molecule has 0 radical (unpaired) electrons. The number of rotatable bonds is 5. The van der Waals surface area contributed by atoms with E-state index >= 15 is 0 Å². The molecule has 5 rings (SSSR count). The van der Waals surface area contributed by atoms with E-state index in [2.05, 4.69) is 20.1 Å². The van der Waals surface area contributed by atoms with E-state index in [0.29, 0.717) is 24.5 Å². The van der Waals surface area contributed by atoms with E-state index in [4.69, 9.17) is 0 Å². The molecule has 8 nitrogen and oxygen atoms in total. The molecule has 2 aliphatic rings. The van der Waals surface area contributed by atoms with Gasteiger partial charge in [-0.3, -0.25) is 4.79 Å². The van der Waals surface area contributed by atoms with Crippen LogP contribution in [0.1, 0.15) is 54.7 Å². The minimum absolute atomic E-state index is 0.00256. The molecule has 3 heterocycles. The number of sulfonamides is 1. The van der Waals surface area contributed by atoms with Gasteiger partial charge in [0.25, 0.3) is 5.91 Å². The summed E-state index contributed by atoms with van der Waals surface area (Å²) < 4.78 is 44.2. The van der Waals surface area contributed by atoms with E-state index in [0.717, 1.165) is 57.3 Å². The molecule has 1 amide bonds. The predicted octanol–water partition coefficient (Wildman–Crippen LogP) is 4.24. The number of amides is 1. The molecule has 10 heteroatoms. The molecular formula is C25H28FN5O3S. The molecule has 0 aliphatic carbocycles. The van der Waals surface area contributed by atoms with Crippen LogP contribution in [0, 0.1) is 5.82 Å². The molecule has 1 N–H and O–H groups in total. The van der Waals surface area contributed by atoms with Gasteiger partial charge in [-0.2, -0.15) is 4.31 Å². The zero-order valence-corrected chi connectivity index (χ0v) is 20.2. The fourth-order valence-electron chi connectivity index (χ4n) is 4.71. The number of halogens is 1. The van der Waals surface area contributed by atoms with Crippen LogP contribution in [0.15, 0.2) is 47.4 Å². The summed E-state index contributed by atoms with van der Waals surface area (Å²) in [6.07, 6.45) is 6.73. The second kappa shape index (κ2) is 9.87. The van der Waals surface area contributed by atoms with E-state index in [1.54, 1.807) is 12.1 Å². The molecule has 1 saturated heterocycles. The Morgan fingerprint density at radius 1 is 0.914 bits per heavy atom. The fourth-order valence-corrected chi connectivity index (χ4v) is 6.27. The molecule has 184 valence electrons. The first-order valence-corrected chi connectivity index (χ1v) is 13.5. The van der Waals surface area contributed by atoms with Crippen molar-refractivity contribution in [2.45, 2.75) is 56.4 Å². The van der Waals surface area contributed by atoms with Crippen LogP contribution in [0.2, 0.25) is 0 Å². The first-order valence-electron chi connectivity index (χ1n) is 12.1. The van der Waals surface area contributed by atoms with Gasteiger partial charge in [0.15, 0.2) is 5.82 Å².